The predicted octanol–water partition coefficient (Wildman–Crippen LogP) is 5.78. The maximum atomic E-state index is 6.00. The van der Waals surface area contributed by atoms with E-state index in [0.29, 0.717) is 0 Å². The lowest BCUT2D eigenvalue weighted by atomic mass is 10.1. The molecule has 0 aliphatic carbocycles. The number of rotatable bonds is 6. The van der Waals surface area contributed by atoms with Gasteiger partial charge < -0.3 is 5.73 Å². The lowest BCUT2D eigenvalue weighted by molar-refractivity contribution is 0.248. The normalized spacial score (nSPS) is 11.0. The smallest absolute Gasteiger partial charge is 0.0406 e. The van der Waals surface area contributed by atoms with Gasteiger partial charge in [0.1, 0.15) is 0 Å². The Balaban J connectivity index is 1.79. The van der Waals surface area contributed by atoms with Gasteiger partial charge in [0.25, 0.3) is 0 Å². The number of anilines is 1. The van der Waals surface area contributed by atoms with Gasteiger partial charge in [-0.15, -0.1) is 0 Å². The number of halogens is 2. The van der Waals surface area contributed by atoms with Crippen molar-refractivity contribution in [1.82, 2.24) is 4.90 Å². The summed E-state index contributed by atoms with van der Waals surface area (Å²) in [6.45, 7) is 2.47. The van der Waals surface area contributed by atoms with E-state index in [1.807, 2.05) is 42.5 Å². The van der Waals surface area contributed by atoms with Crippen LogP contribution in [0.5, 0.6) is 0 Å². The zero-order valence-corrected chi connectivity index (χ0v) is 15.3. The minimum atomic E-state index is 0.754. The second kappa shape index (κ2) is 8.39. The molecule has 3 aromatic carbocycles. The summed E-state index contributed by atoms with van der Waals surface area (Å²) >= 11 is 12.0. The lowest BCUT2D eigenvalue weighted by Crippen LogP contribution is -2.22. The molecule has 0 aromatic heterocycles. The van der Waals surface area contributed by atoms with Crippen molar-refractivity contribution in [3.05, 3.63) is 99.5 Å². The topological polar surface area (TPSA) is 29.3 Å². The number of nitrogen functional groups attached to an aromatic ring is 1. The highest BCUT2D eigenvalue weighted by Gasteiger charge is 2.09. The van der Waals surface area contributed by atoms with E-state index >= 15 is 0 Å². The Kier molecular flexibility index (Phi) is 5.98. The van der Waals surface area contributed by atoms with Crippen molar-refractivity contribution in [1.29, 1.82) is 0 Å². The quantitative estimate of drug-likeness (QED) is 0.557. The standard InChI is InChI=1S/C21H20Cl2N2/c22-19-8-4-16(5-9-19)13-25(14-17-6-10-20(23)11-7-17)15-18-2-1-3-21(24)12-18/h1-12H,13-15,24H2. The van der Waals surface area contributed by atoms with Gasteiger partial charge in [0.2, 0.25) is 0 Å². The summed E-state index contributed by atoms with van der Waals surface area (Å²) in [6, 6.07) is 24.0. The first-order chi connectivity index (χ1) is 12.1. The fourth-order valence-electron chi connectivity index (χ4n) is 2.81. The summed E-state index contributed by atoms with van der Waals surface area (Å²) in [4.78, 5) is 2.38. The van der Waals surface area contributed by atoms with Crippen molar-refractivity contribution in [2.24, 2.45) is 0 Å². The van der Waals surface area contributed by atoms with Crippen LogP contribution in [0.4, 0.5) is 5.69 Å². The SMILES string of the molecule is Nc1cccc(CN(Cc2ccc(Cl)cc2)Cc2ccc(Cl)cc2)c1. The van der Waals surface area contributed by atoms with E-state index in [-0.39, 0.29) is 0 Å². The molecule has 3 aromatic rings. The average Bonchev–Trinajstić information content (AvgIpc) is 2.59. The molecule has 4 heteroatoms. The molecular formula is C21H20Cl2N2. The van der Waals surface area contributed by atoms with E-state index in [2.05, 4.69) is 35.2 Å². The minimum absolute atomic E-state index is 0.754. The summed E-state index contributed by atoms with van der Waals surface area (Å²) < 4.78 is 0. The van der Waals surface area contributed by atoms with Gasteiger partial charge in [0.05, 0.1) is 0 Å². The number of hydrogen-bond donors (Lipinski definition) is 1. The molecule has 2 N–H and O–H groups in total. The van der Waals surface area contributed by atoms with Crippen LogP contribution in [0.25, 0.3) is 0 Å². The van der Waals surface area contributed by atoms with Crippen molar-refractivity contribution < 1.29 is 0 Å². The van der Waals surface area contributed by atoms with Crippen molar-refractivity contribution in [2.45, 2.75) is 19.6 Å². The van der Waals surface area contributed by atoms with Gasteiger partial charge in [-0.25, -0.2) is 0 Å². The molecule has 2 nitrogen and oxygen atoms in total. The maximum absolute atomic E-state index is 6.00. The van der Waals surface area contributed by atoms with Crippen LogP contribution in [-0.2, 0) is 19.6 Å². The fraction of sp³-hybridized carbons (Fsp3) is 0.143. The zero-order valence-electron chi connectivity index (χ0n) is 13.8. The molecule has 25 heavy (non-hydrogen) atoms. The molecule has 0 fully saturated rings. The van der Waals surface area contributed by atoms with Gasteiger partial charge in [-0.05, 0) is 53.1 Å². The molecule has 0 radical (unpaired) electrons. The Morgan fingerprint density at radius 1 is 0.640 bits per heavy atom. The van der Waals surface area contributed by atoms with Crippen LogP contribution in [0.2, 0.25) is 10.0 Å². The zero-order chi connectivity index (χ0) is 17.6. The number of benzene rings is 3. The van der Waals surface area contributed by atoms with E-state index in [0.717, 1.165) is 35.4 Å². The highest BCUT2D eigenvalue weighted by atomic mass is 35.5. The molecule has 0 aliphatic rings. The van der Waals surface area contributed by atoms with Crippen molar-refractivity contribution in [3.63, 3.8) is 0 Å². The van der Waals surface area contributed by atoms with Gasteiger partial charge in [-0.3, -0.25) is 4.90 Å². The van der Waals surface area contributed by atoms with Crippen molar-refractivity contribution >= 4 is 28.9 Å². The van der Waals surface area contributed by atoms with E-state index in [1.54, 1.807) is 0 Å². The highest BCUT2D eigenvalue weighted by molar-refractivity contribution is 6.30. The molecule has 0 atom stereocenters. The first-order valence-corrected chi connectivity index (χ1v) is 8.90. The predicted molar refractivity (Wildman–Crippen MR) is 107 cm³/mol. The van der Waals surface area contributed by atoms with Gasteiger partial charge in [-0.2, -0.15) is 0 Å². The van der Waals surface area contributed by atoms with Gasteiger partial charge >= 0.3 is 0 Å². The Bertz CT molecular complexity index is 767. The van der Waals surface area contributed by atoms with E-state index in [4.69, 9.17) is 28.9 Å². The molecule has 0 unspecified atom stereocenters. The summed E-state index contributed by atoms with van der Waals surface area (Å²) in [5, 5.41) is 1.51. The lowest BCUT2D eigenvalue weighted by Gasteiger charge is -2.23. The summed E-state index contributed by atoms with van der Waals surface area (Å²) in [5.41, 5.74) is 10.4. The number of nitrogens with two attached hydrogens (primary N) is 1. The summed E-state index contributed by atoms with van der Waals surface area (Å²) in [5.74, 6) is 0. The van der Waals surface area contributed by atoms with E-state index in [9.17, 15) is 0 Å². The van der Waals surface area contributed by atoms with Crippen LogP contribution in [0.3, 0.4) is 0 Å². The maximum Gasteiger partial charge on any atom is 0.0406 e. The second-order valence-electron chi connectivity index (χ2n) is 6.14. The third kappa shape index (κ3) is 5.50. The molecule has 0 saturated heterocycles. The van der Waals surface area contributed by atoms with Crippen LogP contribution < -0.4 is 5.73 Å². The molecule has 0 aliphatic heterocycles. The second-order valence-corrected chi connectivity index (χ2v) is 7.02. The average molecular weight is 371 g/mol. The third-order valence-electron chi connectivity index (χ3n) is 4.00. The Morgan fingerprint density at radius 2 is 1.12 bits per heavy atom. The summed E-state index contributed by atoms with van der Waals surface area (Å²) in [7, 11) is 0. The van der Waals surface area contributed by atoms with Crippen molar-refractivity contribution in [3.8, 4) is 0 Å². The molecular weight excluding hydrogens is 351 g/mol. The Morgan fingerprint density at radius 3 is 1.60 bits per heavy atom. The Hall–Kier alpha value is -2.00. The molecule has 0 bridgehead atoms. The summed E-state index contributed by atoms with van der Waals surface area (Å²) in [6.07, 6.45) is 0. The molecule has 128 valence electrons. The van der Waals surface area contributed by atoms with E-state index in [1.165, 1.54) is 16.7 Å². The molecule has 0 spiro atoms. The van der Waals surface area contributed by atoms with Crippen LogP contribution in [0.15, 0.2) is 72.8 Å². The Labute approximate surface area is 158 Å². The van der Waals surface area contributed by atoms with Crippen LogP contribution in [-0.4, -0.2) is 4.90 Å². The molecule has 3 rings (SSSR count). The fourth-order valence-corrected chi connectivity index (χ4v) is 3.07. The van der Waals surface area contributed by atoms with E-state index < -0.39 is 0 Å². The molecule has 0 saturated carbocycles. The highest BCUT2D eigenvalue weighted by Crippen LogP contribution is 2.18. The van der Waals surface area contributed by atoms with Crippen LogP contribution >= 0.6 is 23.2 Å². The van der Waals surface area contributed by atoms with Crippen LogP contribution in [0.1, 0.15) is 16.7 Å². The number of hydrogen-bond acceptors (Lipinski definition) is 2. The largest absolute Gasteiger partial charge is 0.399 e. The van der Waals surface area contributed by atoms with Crippen LogP contribution in [0, 0.1) is 0 Å². The molecule has 0 heterocycles. The third-order valence-corrected chi connectivity index (χ3v) is 4.50. The first kappa shape index (κ1) is 17.8. The minimum Gasteiger partial charge on any atom is -0.399 e. The molecule has 0 amide bonds. The monoisotopic (exact) mass is 370 g/mol. The van der Waals surface area contributed by atoms with Crippen molar-refractivity contribution in [2.75, 3.05) is 5.73 Å². The van der Waals surface area contributed by atoms with Gasteiger partial charge in [-0.1, -0.05) is 59.6 Å². The first-order valence-electron chi connectivity index (χ1n) is 8.14. The number of nitrogens with zero attached hydrogens (tertiary/aromatic N) is 1. The van der Waals surface area contributed by atoms with Gasteiger partial charge in [0, 0.05) is 35.4 Å². The van der Waals surface area contributed by atoms with Gasteiger partial charge in [0.15, 0.2) is 0 Å².